The molecule has 2 aromatic rings. The van der Waals surface area contributed by atoms with Crippen LogP contribution in [0.4, 0.5) is 5.69 Å². The van der Waals surface area contributed by atoms with Crippen molar-refractivity contribution in [3.8, 4) is 11.5 Å². The average Bonchev–Trinajstić information content (AvgIpc) is 3.16. The third-order valence-electron chi connectivity index (χ3n) is 3.03. The number of thiophene rings is 1. The number of rotatable bonds is 7. The lowest BCUT2D eigenvalue weighted by atomic mass is 10.2. The summed E-state index contributed by atoms with van der Waals surface area (Å²) in [5.41, 5.74) is 0.626. The van der Waals surface area contributed by atoms with E-state index >= 15 is 0 Å². The third-order valence-corrected chi connectivity index (χ3v) is 3.91. The highest BCUT2D eigenvalue weighted by Gasteiger charge is 2.08. The molecule has 1 heterocycles. The summed E-state index contributed by atoms with van der Waals surface area (Å²) in [7, 11) is 3.14. The Morgan fingerprint density at radius 1 is 1.07 bits per heavy atom. The Bertz CT molecular complexity index is 751. The van der Waals surface area contributed by atoms with Gasteiger partial charge in [-0.2, -0.15) is 0 Å². The molecule has 1 aromatic heterocycles. The summed E-state index contributed by atoms with van der Waals surface area (Å²) in [6.45, 7) is 0.928. The van der Waals surface area contributed by atoms with Gasteiger partial charge in [-0.25, -0.2) is 9.59 Å². The Kier molecular flexibility index (Phi) is 9.34. The first-order valence-corrected chi connectivity index (χ1v) is 8.46. The number of carboxylic acids is 2. The molecule has 27 heavy (non-hydrogen) atoms. The van der Waals surface area contributed by atoms with Crippen molar-refractivity contribution in [3.63, 3.8) is 0 Å². The smallest absolute Gasteiger partial charge is 0.414 e. The predicted octanol–water partition coefficient (Wildman–Crippen LogP) is 1.65. The highest BCUT2D eigenvalue weighted by Crippen LogP contribution is 2.28. The van der Waals surface area contributed by atoms with Crippen LogP contribution in [0.25, 0.3) is 0 Å². The quantitative estimate of drug-likeness (QED) is 0.519. The molecule has 0 bridgehead atoms. The molecular formula is C17H20N2O7S. The summed E-state index contributed by atoms with van der Waals surface area (Å²) in [6, 6.07) is 9.28. The number of amides is 1. The van der Waals surface area contributed by atoms with Crippen LogP contribution >= 0.6 is 11.3 Å². The molecule has 0 radical (unpaired) electrons. The molecular weight excluding hydrogens is 376 g/mol. The van der Waals surface area contributed by atoms with E-state index < -0.39 is 11.9 Å². The van der Waals surface area contributed by atoms with Gasteiger partial charge < -0.3 is 30.3 Å². The Balaban J connectivity index is 0.000000527. The van der Waals surface area contributed by atoms with Crippen LogP contribution in [0, 0.1) is 0 Å². The van der Waals surface area contributed by atoms with Crippen molar-refractivity contribution < 1.29 is 34.1 Å². The molecule has 0 aliphatic carbocycles. The van der Waals surface area contributed by atoms with Gasteiger partial charge in [-0.15, -0.1) is 11.3 Å². The normalized spacial score (nSPS) is 9.56. The fourth-order valence-electron chi connectivity index (χ4n) is 1.81. The molecule has 0 fully saturated rings. The second kappa shape index (κ2) is 11.5. The van der Waals surface area contributed by atoms with E-state index in [1.807, 2.05) is 17.5 Å². The van der Waals surface area contributed by atoms with Crippen molar-refractivity contribution in [2.75, 3.05) is 26.1 Å². The van der Waals surface area contributed by atoms with Crippen LogP contribution in [-0.2, 0) is 20.9 Å². The van der Waals surface area contributed by atoms with Gasteiger partial charge in [-0.3, -0.25) is 4.79 Å². The number of carboxylic acid groups (broad SMARTS) is 2. The number of ether oxygens (including phenoxy) is 2. The maximum Gasteiger partial charge on any atom is 0.414 e. The summed E-state index contributed by atoms with van der Waals surface area (Å²) in [5, 5.41) is 22.7. The fraction of sp³-hybridized carbons (Fsp3) is 0.235. The highest BCUT2D eigenvalue weighted by molar-refractivity contribution is 7.09. The Hall–Kier alpha value is -3.11. The van der Waals surface area contributed by atoms with Gasteiger partial charge in [0.1, 0.15) is 11.5 Å². The monoisotopic (exact) mass is 396 g/mol. The van der Waals surface area contributed by atoms with Gasteiger partial charge in [0.25, 0.3) is 0 Å². The van der Waals surface area contributed by atoms with E-state index in [1.54, 1.807) is 43.8 Å². The second-order valence-electron chi connectivity index (χ2n) is 4.91. The van der Waals surface area contributed by atoms with Crippen molar-refractivity contribution in [2.45, 2.75) is 6.54 Å². The summed E-state index contributed by atoms with van der Waals surface area (Å²) in [6.07, 6.45) is 0. The maximum atomic E-state index is 11.9. The number of carbonyl (C=O) groups is 3. The largest absolute Gasteiger partial charge is 0.497 e. The van der Waals surface area contributed by atoms with E-state index in [-0.39, 0.29) is 12.5 Å². The van der Waals surface area contributed by atoms with Crippen molar-refractivity contribution >= 4 is 34.9 Å². The number of carbonyl (C=O) groups excluding carboxylic acids is 1. The number of nitrogens with one attached hydrogen (secondary N) is 2. The van der Waals surface area contributed by atoms with Gasteiger partial charge in [-0.05, 0) is 23.6 Å². The van der Waals surface area contributed by atoms with Crippen LogP contribution in [0.3, 0.4) is 0 Å². The van der Waals surface area contributed by atoms with Crippen LogP contribution in [0.5, 0.6) is 11.5 Å². The Morgan fingerprint density at radius 2 is 1.78 bits per heavy atom. The summed E-state index contributed by atoms with van der Waals surface area (Å²) >= 11 is 1.66. The van der Waals surface area contributed by atoms with Crippen LogP contribution < -0.4 is 20.1 Å². The van der Waals surface area contributed by atoms with Crippen molar-refractivity contribution in [1.82, 2.24) is 5.32 Å². The molecule has 1 aromatic carbocycles. The molecule has 0 aliphatic rings. The minimum absolute atomic E-state index is 0.116. The molecule has 0 saturated heterocycles. The number of anilines is 1. The summed E-state index contributed by atoms with van der Waals surface area (Å²) < 4.78 is 10.4. The zero-order valence-electron chi connectivity index (χ0n) is 14.7. The topological polar surface area (TPSA) is 134 Å². The highest BCUT2D eigenvalue weighted by atomic mass is 32.1. The molecule has 0 saturated carbocycles. The van der Waals surface area contributed by atoms with Crippen molar-refractivity contribution in [3.05, 3.63) is 40.6 Å². The molecule has 9 nitrogen and oxygen atoms in total. The molecule has 10 heteroatoms. The van der Waals surface area contributed by atoms with E-state index in [2.05, 4.69) is 10.6 Å². The number of hydrogen-bond donors (Lipinski definition) is 4. The van der Waals surface area contributed by atoms with E-state index in [0.29, 0.717) is 23.7 Å². The summed E-state index contributed by atoms with van der Waals surface area (Å²) in [5.74, 6) is -2.51. The van der Waals surface area contributed by atoms with E-state index in [9.17, 15) is 4.79 Å². The molecule has 0 spiro atoms. The second-order valence-corrected chi connectivity index (χ2v) is 5.94. The van der Waals surface area contributed by atoms with Gasteiger partial charge in [0.05, 0.1) is 26.5 Å². The zero-order valence-corrected chi connectivity index (χ0v) is 15.5. The molecule has 0 atom stereocenters. The van der Waals surface area contributed by atoms with Crippen molar-refractivity contribution in [2.24, 2.45) is 0 Å². The van der Waals surface area contributed by atoms with Gasteiger partial charge in [-0.1, -0.05) is 6.07 Å². The van der Waals surface area contributed by atoms with Crippen LogP contribution in [0.2, 0.25) is 0 Å². The molecule has 2 rings (SSSR count). The lowest BCUT2D eigenvalue weighted by Gasteiger charge is -2.11. The Labute approximate surface area is 159 Å². The number of benzene rings is 1. The van der Waals surface area contributed by atoms with Crippen molar-refractivity contribution in [1.29, 1.82) is 0 Å². The van der Waals surface area contributed by atoms with E-state index in [0.717, 1.165) is 0 Å². The Morgan fingerprint density at radius 3 is 2.30 bits per heavy atom. The standard InChI is InChI=1S/C15H18N2O3S.C2H2O4/c1-19-11-5-6-13(14(8-11)20-2)17-15(18)10-16-9-12-4-3-7-21-12;3-1(4)2(5)6/h3-8,16H,9-10H2,1-2H3,(H,17,18);(H,3,4)(H,5,6). The summed E-state index contributed by atoms with van der Waals surface area (Å²) in [4.78, 5) is 31.3. The van der Waals surface area contributed by atoms with Gasteiger partial charge in [0.15, 0.2) is 0 Å². The first-order valence-electron chi connectivity index (χ1n) is 7.58. The van der Waals surface area contributed by atoms with E-state index in [4.69, 9.17) is 29.3 Å². The molecule has 0 unspecified atom stereocenters. The minimum Gasteiger partial charge on any atom is -0.497 e. The number of hydrogen-bond acceptors (Lipinski definition) is 7. The SMILES string of the molecule is COc1ccc(NC(=O)CNCc2cccs2)c(OC)c1.O=C(O)C(=O)O. The molecule has 0 aliphatic heterocycles. The van der Waals surface area contributed by atoms with Crippen LogP contribution in [0.1, 0.15) is 4.88 Å². The lowest BCUT2D eigenvalue weighted by molar-refractivity contribution is -0.159. The first-order chi connectivity index (χ1) is 12.9. The van der Waals surface area contributed by atoms with Gasteiger partial charge >= 0.3 is 11.9 Å². The molecule has 1 amide bonds. The zero-order chi connectivity index (χ0) is 20.2. The number of methoxy groups -OCH3 is 2. The lowest BCUT2D eigenvalue weighted by Crippen LogP contribution is -2.27. The van der Waals surface area contributed by atoms with Gasteiger partial charge in [0.2, 0.25) is 5.91 Å². The first kappa shape index (κ1) is 21.9. The fourth-order valence-corrected chi connectivity index (χ4v) is 2.48. The van der Waals surface area contributed by atoms with Crippen LogP contribution in [-0.4, -0.2) is 48.8 Å². The third kappa shape index (κ3) is 8.21. The molecule has 146 valence electrons. The van der Waals surface area contributed by atoms with E-state index in [1.165, 1.54) is 4.88 Å². The average molecular weight is 396 g/mol. The maximum absolute atomic E-state index is 11.9. The van der Waals surface area contributed by atoms with Crippen LogP contribution in [0.15, 0.2) is 35.7 Å². The predicted molar refractivity (Wildman–Crippen MR) is 99.5 cm³/mol. The minimum atomic E-state index is -1.82. The number of aliphatic carboxylic acids is 2. The van der Waals surface area contributed by atoms with Gasteiger partial charge in [0, 0.05) is 17.5 Å². The molecule has 4 N–H and O–H groups in total.